The van der Waals surface area contributed by atoms with Gasteiger partial charge in [0.2, 0.25) is 0 Å². The number of nitrogens with zero attached hydrogens (tertiary/aromatic N) is 1. The minimum atomic E-state index is -4.61. The summed E-state index contributed by atoms with van der Waals surface area (Å²) in [6, 6.07) is 3.80. The fraction of sp³-hybridized carbons (Fsp3) is 0.611. The van der Waals surface area contributed by atoms with Crippen molar-refractivity contribution in [1.29, 1.82) is 0 Å². The van der Waals surface area contributed by atoms with Gasteiger partial charge in [0.1, 0.15) is 0 Å². The number of sulfone groups is 1. The number of hydrogen-bond acceptors (Lipinski definition) is 5. The topological polar surface area (TPSA) is 63.7 Å². The molecule has 1 aliphatic rings. The Labute approximate surface area is 157 Å². The molecule has 0 aliphatic carbocycles. The zero-order valence-corrected chi connectivity index (χ0v) is 16.6. The summed E-state index contributed by atoms with van der Waals surface area (Å²) in [6.07, 6.45) is -4.33. The first-order valence-electron chi connectivity index (χ1n) is 8.56. The number of rotatable bonds is 3. The van der Waals surface area contributed by atoms with Crippen LogP contribution in [0.25, 0.3) is 0 Å². The van der Waals surface area contributed by atoms with Gasteiger partial charge in [0.15, 0.2) is 9.84 Å². The van der Waals surface area contributed by atoms with E-state index in [2.05, 4.69) is 0 Å². The van der Waals surface area contributed by atoms with Crippen LogP contribution < -0.4 is 0 Å². The van der Waals surface area contributed by atoms with Crippen LogP contribution in [0.4, 0.5) is 13.2 Å². The quantitative estimate of drug-likeness (QED) is 0.762. The number of alkyl halides is 3. The minimum absolute atomic E-state index is 0.142. The smallest absolute Gasteiger partial charge is 0.367 e. The first-order valence-corrected chi connectivity index (χ1v) is 10.0. The third kappa shape index (κ3) is 4.63. The Hall–Kier alpha value is -1.61. The standard InChI is InChI=1S/C18H24F3NO4S/c1-16(2,3)15(23)26-22-10-8-17(4,9-11-22)27(24,25)14-7-5-6-13(12-14)18(19,20)21/h5-7,12H,8-11H2,1-4H3. The molecule has 0 aromatic heterocycles. The van der Waals surface area contributed by atoms with E-state index in [4.69, 9.17) is 4.84 Å². The molecular weight excluding hydrogens is 383 g/mol. The molecule has 1 heterocycles. The summed E-state index contributed by atoms with van der Waals surface area (Å²) in [5.74, 6) is -0.424. The maximum atomic E-state index is 13.0. The second-order valence-electron chi connectivity index (χ2n) is 8.04. The maximum absolute atomic E-state index is 13.0. The van der Waals surface area contributed by atoms with E-state index in [-0.39, 0.29) is 30.8 Å². The third-order valence-electron chi connectivity index (χ3n) is 4.72. The Bertz CT molecular complexity index is 805. The lowest BCUT2D eigenvalue weighted by molar-refractivity contribution is -0.205. The van der Waals surface area contributed by atoms with E-state index in [0.717, 1.165) is 12.1 Å². The first-order chi connectivity index (χ1) is 12.2. The van der Waals surface area contributed by atoms with Crippen LogP contribution in [-0.4, -0.2) is 37.3 Å². The third-order valence-corrected chi connectivity index (χ3v) is 7.31. The molecule has 0 atom stereocenters. The number of hydroxylamine groups is 2. The number of halogens is 3. The van der Waals surface area contributed by atoms with Crippen molar-refractivity contribution in [3.05, 3.63) is 29.8 Å². The van der Waals surface area contributed by atoms with Crippen molar-refractivity contribution < 1.29 is 31.2 Å². The van der Waals surface area contributed by atoms with Crippen molar-refractivity contribution in [1.82, 2.24) is 5.06 Å². The zero-order chi connectivity index (χ0) is 20.7. The van der Waals surface area contributed by atoms with Gasteiger partial charge in [-0.2, -0.15) is 13.2 Å². The normalized spacial score (nSPS) is 18.9. The van der Waals surface area contributed by atoms with Crippen LogP contribution >= 0.6 is 0 Å². The molecule has 5 nitrogen and oxygen atoms in total. The fourth-order valence-electron chi connectivity index (χ4n) is 2.70. The lowest BCUT2D eigenvalue weighted by Crippen LogP contribution is -2.48. The average molecular weight is 407 g/mol. The van der Waals surface area contributed by atoms with Gasteiger partial charge in [-0.25, -0.2) is 13.2 Å². The van der Waals surface area contributed by atoms with Gasteiger partial charge in [0.05, 0.1) is 20.6 Å². The molecule has 0 bridgehead atoms. The van der Waals surface area contributed by atoms with E-state index < -0.39 is 37.7 Å². The molecule has 27 heavy (non-hydrogen) atoms. The Kier molecular flexibility index (Phi) is 5.69. The summed E-state index contributed by atoms with van der Waals surface area (Å²) < 4.78 is 63.5. The van der Waals surface area contributed by atoms with Crippen molar-refractivity contribution in [3.8, 4) is 0 Å². The van der Waals surface area contributed by atoms with Gasteiger partial charge in [-0.05, 0) is 58.7 Å². The zero-order valence-electron chi connectivity index (χ0n) is 15.8. The van der Waals surface area contributed by atoms with Crippen LogP contribution in [0.3, 0.4) is 0 Å². The number of carbonyl (C=O) groups excluding carboxylic acids is 1. The summed E-state index contributed by atoms with van der Waals surface area (Å²) >= 11 is 0. The lowest BCUT2D eigenvalue weighted by atomic mass is 9.97. The first kappa shape index (κ1) is 21.7. The van der Waals surface area contributed by atoms with Gasteiger partial charge in [-0.15, -0.1) is 5.06 Å². The van der Waals surface area contributed by atoms with E-state index >= 15 is 0 Å². The molecule has 0 spiro atoms. The molecule has 0 unspecified atom stereocenters. The second kappa shape index (κ2) is 7.09. The molecule has 1 saturated heterocycles. The fourth-order valence-corrected chi connectivity index (χ4v) is 4.53. The molecule has 0 N–H and O–H groups in total. The Morgan fingerprint density at radius 2 is 1.70 bits per heavy atom. The van der Waals surface area contributed by atoms with Crippen LogP contribution in [0.15, 0.2) is 29.2 Å². The van der Waals surface area contributed by atoms with E-state index in [9.17, 15) is 26.4 Å². The second-order valence-corrected chi connectivity index (χ2v) is 10.5. The number of hydrogen-bond donors (Lipinski definition) is 0. The summed E-state index contributed by atoms with van der Waals surface area (Å²) in [6.45, 7) is 7.03. The minimum Gasteiger partial charge on any atom is -0.367 e. The van der Waals surface area contributed by atoms with Crippen LogP contribution in [-0.2, 0) is 25.6 Å². The van der Waals surface area contributed by atoms with Crippen molar-refractivity contribution in [3.63, 3.8) is 0 Å². The summed E-state index contributed by atoms with van der Waals surface area (Å²) in [7, 11) is -3.99. The van der Waals surface area contributed by atoms with Crippen LogP contribution in [0.2, 0.25) is 0 Å². The molecule has 9 heteroatoms. The highest BCUT2D eigenvalue weighted by Crippen LogP contribution is 2.37. The highest BCUT2D eigenvalue weighted by atomic mass is 32.2. The molecule has 1 aromatic carbocycles. The molecule has 1 aliphatic heterocycles. The number of benzene rings is 1. The van der Waals surface area contributed by atoms with Crippen LogP contribution in [0, 0.1) is 5.41 Å². The van der Waals surface area contributed by atoms with E-state index in [1.54, 1.807) is 20.8 Å². The van der Waals surface area contributed by atoms with E-state index in [0.29, 0.717) is 6.07 Å². The van der Waals surface area contributed by atoms with Crippen molar-refractivity contribution in [2.24, 2.45) is 5.41 Å². The van der Waals surface area contributed by atoms with Gasteiger partial charge >= 0.3 is 12.1 Å². The summed E-state index contributed by atoms with van der Waals surface area (Å²) in [4.78, 5) is 16.9. The highest BCUT2D eigenvalue weighted by Gasteiger charge is 2.44. The summed E-state index contributed by atoms with van der Waals surface area (Å²) in [5, 5.41) is 1.41. The molecular formula is C18H24F3NO4S. The van der Waals surface area contributed by atoms with Crippen molar-refractivity contribution in [2.45, 2.75) is 56.4 Å². The molecule has 0 amide bonds. The van der Waals surface area contributed by atoms with E-state index in [1.165, 1.54) is 18.1 Å². The maximum Gasteiger partial charge on any atom is 0.416 e. The largest absolute Gasteiger partial charge is 0.416 e. The number of carbonyl (C=O) groups is 1. The monoisotopic (exact) mass is 407 g/mol. The van der Waals surface area contributed by atoms with Gasteiger partial charge in [0, 0.05) is 13.1 Å². The Balaban J connectivity index is 2.18. The van der Waals surface area contributed by atoms with Gasteiger partial charge in [-0.1, -0.05) is 6.07 Å². The molecule has 1 aromatic rings. The Morgan fingerprint density at radius 1 is 1.15 bits per heavy atom. The van der Waals surface area contributed by atoms with Gasteiger partial charge < -0.3 is 4.84 Å². The van der Waals surface area contributed by atoms with Gasteiger partial charge in [-0.3, -0.25) is 0 Å². The predicted molar refractivity (Wildman–Crippen MR) is 93.4 cm³/mol. The van der Waals surface area contributed by atoms with Gasteiger partial charge in [0.25, 0.3) is 0 Å². The summed E-state index contributed by atoms with van der Waals surface area (Å²) in [5.41, 5.74) is -1.69. The molecule has 0 saturated carbocycles. The molecule has 0 radical (unpaired) electrons. The lowest BCUT2D eigenvalue weighted by Gasteiger charge is -2.38. The van der Waals surface area contributed by atoms with Crippen molar-refractivity contribution in [2.75, 3.05) is 13.1 Å². The predicted octanol–water partition coefficient (Wildman–Crippen LogP) is 3.84. The molecule has 152 valence electrons. The highest BCUT2D eigenvalue weighted by molar-refractivity contribution is 7.92. The average Bonchev–Trinajstić information content (AvgIpc) is 2.55. The SMILES string of the molecule is CC(C)(C)C(=O)ON1CCC(C)(S(=O)(=O)c2cccc(C(F)(F)F)c2)CC1. The van der Waals surface area contributed by atoms with Crippen LogP contribution in [0.1, 0.15) is 46.1 Å². The Morgan fingerprint density at radius 3 is 2.19 bits per heavy atom. The number of piperidine rings is 1. The molecule has 2 rings (SSSR count). The molecule has 1 fully saturated rings. The van der Waals surface area contributed by atoms with Crippen LogP contribution in [0.5, 0.6) is 0 Å². The van der Waals surface area contributed by atoms with Crippen molar-refractivity contribution >= 4 is 15.8 Å². The van der Waals surface area contributed by atoms with E-state index in [1.807, 2.05) is 0 Å².